The minimum atomic E-state index is -0.147. The van der Waals surface area contributed by atoms with E-state index in [1.165, 1.54) is 83.2 Å². The molecule has 0 fully saturated rings. The number of rotatable bonds is 1. The quantitative estimate of drug-likeness (QED) is 0.182. The number of hydrogen-bond acceptors (Lipinski definition) is 2. The van der Waals surface area contributed by atoms with Gasteiger partial charge in [-0.2, -0.15) is 0 Å². The highest BCUT2D eigenvalue weighted by Gasteiger charge is 2.48. The predicted octanol–water partition coefficient (Wildman–Crippen LogP) is 9.26. The monoisotopic (exact) mass is 574 g/mol. The molecule has 0 saturated carbocycles. The third kappa shape index (κ3) is 2.76. The van der Waals surface area contributed by atoms with Crippen molar-refractivity contribution in [2.45, 2.75) is 19.3 Å². The Labute approximate surface area is 261 Å². The first-order valence-corrected chi connectivity index (χ1v) is 15.8. The molecule has 210 valence electrons. The van der Waals surface area contributed by atoms with Gasteiger partial charge in [0.25, 0.3) is 0 Å². The van der Waals surface area contributed by atoms with Crippen LogP contribution in [0.4, 0.5) is 17.1 Å². The van der Waals surface area contributed by atoms with Crippen molar-refractivity contribution in [3.8, 4) is 22.3 Å². The van der Waals surface area contributed by atoms with Gasteiger partial charge in [0.05, 0.1) is 11.2 Å². The maximum atomic E-state index is 6.68. The first-order chi connectivity index (χ1) is 22.1. The van der Waals surface area contributed by atoms with Gasteiger partial charge < -0.3 is 13.8 Å². The zero-order valence-corrected chi connectivity index (χ0v) is 25.0. The van der Waals surface area contributed by atoms with Crippen molar-refractivity contribution in [1.29, 1.82) is 0 Å². The lowest BCUT2D eigenvalue weighted by Crippen LogP contribution is -2.58. The standard InChI is InChI=1S/C41H27BN2O/c1-41(2)30-17-7-8-20-33(30)43-34-23-25(24-12-4-3-5-13-24)22-29-26-15-10-16-28-37(26)44(38-27-14-6-9-21-35(27)45-40(28)38)42(36(29)34)32-19-11-18-31(41)39(32)43/h3-23H,1-2H3. The van der Waals surface area contributed by atoms with Gasteiger partial charge in [0.1, 0.15) is 5.58 Å². The summed E-state index contributed by atoms with van der Waals surface area (Å²) in [6.07, 6.45) is 0. The summed E-state index contributed by atoms with van der Waals surface area (Å²) in [5.41, 5.74) is 18.5. The van der Waals surface area contributed by atoms with E-state index in [-0.39, 0.29) is 12.3 Å². The molecule has 8 aromatic rings. The van der Waals surface area contributed by atoms with E-state index in [0.29, 0.717) is 0 Å². The highest BCUT2D eigenvalue weighted by atomic mass is 16.3. The van der Waals surface area contributed by atoms with Crippen molar-refractivity contribution < 1.29 is 4.42 Å². The molecular formula is C41H27BN2O. The van der Waals surface area contributed by atoms with Crippen molar-refractivity contribution in [2.75, 3.05) is 4.90 Å². The average molecular weight is 574 g/mol. The predicted molar refractivity (Wildman–Crippen MR) is 187 cm³/mol. The molecule has 0 spiro atoms. The van der Waals surface area contributed by atoms with Crippen LogP contribution >= 0.6 is 0 Å². The van der Waals surface area contributed by atoms with E-state index in [0.717, 1.165) is 11.2 Å². The van der Waals surface area contributed by atoms with E-state index in [2.05, 4.69) is 151 Å². The van der Waals surface area contributed by atoms with Crippen LogP contribution < -0.4 is 15.8 Å². The second-order valence-corrected chi connectivity index (χ2v) is 13.3. The topological polar surface area (TPSA) is 21.3 Å². The van der Waals surface area contributed by atoms with Crippen LogP contribution in [0.25, 0.3) is 55.2 Å². The second kappa shape index (κ2) is 7.97. The minimum absolute atomic E-state index is 0.00277. The largest absolute Gasteiger partial charge is 0.454 e. The van der Waals surface area contributed by atoms with Crippen molar-refractivity contribution in [2.24, 2.45) is 0 Å². The van der Waals surface area contributed by atoms with Gasteiger partial charge in [-0.25, -0.2) is 0 Å². The van der Waals surface area contributed by atoms with E-state index in [9.17, 15) is 0 Å². The van der Waals surface area contributed by atoms with Gasteiger partial charge in [-0.1, -0.05) is 105 Å². The highest BCUT2D eigenvalue weighted by Crippen LogP contribution is 2.54. The zero-order valence-electron chi connectivity index (χ0n) is 25.0. The molecule has 11 rings (SSSR count). The van der Waals surface area contributed by atoms with Crippen molar-refractivity contribution in [3.05, 3.63) is 139 Å². The number of nitrogens with zero attached hydrogens (tertiary/aromatic N) is 2. The van der Waals surface area contributed by atoms with Crippen LogP contribution in [0.2, 0.25) is 0 Å². The van der Waals surface area contributed by atoms with Crippen molar-refractivity contribution in [3.63, 3.8) is 0 Å². The lowest BCUT2D eigenvalue weighted by atomic mass is 9.44. The second-order valence-electron chi connectivity index (χ2n) is 13.3. The van der Waals surface area contributed by atoms with Gasteiger partial charge in [-0.15, -0.1) is 0 Å². The third-order valence-corrected chi connectivity index (χ3v) is 10.7. The summed E-state index contributed by atoms with van der Waals surface area (Å²) in [4.78, 5) is 2.58. The van der Waals surface area contributed by atoms with Crippen LogP contribution in [-0.4, -0.2) is 11.3 Å². The van der Waals surface area contributed by atoms with Gasteiger partial charge in [0.15, 0.2) is 5.58 Å². The highest BCUT2D eigenvalue weighted by molar-refractivity contribution is 6.90. The Hall–Kier alpha value is -5.48. The number of para-hydroxylation sites is 4. The molecular weight excluding hydrogens is 547 g/mol. The van der Waals surface area contributed by atoms with Crippen molar-refractivity contribution >= 4 is 67.8 Å². The molecule has 0 unspecified atom stereocenters. The Kier molecular flexibility index (Phi) is 4.23. The Bertz CT molecular complexity index is 2590. The van der Waals surface area contributed by atoms with Crippen LogP contribution in [-0.2, 0) is 5.41 Å². The number of fused-ring (bicyclic) bond motifs is 11. The average Bonchev–Trinajstić information content (AvgIpc) is 3.62. The molecule has 0 atom stereocenters. The van der Waals surface area contributed by atoms with Crippen LogP contribution in [0.5, 0.6) is 0 Å². The molecule has 5 heterocycles. The lowest BCUT2D eigenvalue weighted by Gasteiger charge is -2.48. The molecule has 0 bridgehead atoms. The van der Waals surface area contributed by atoms with Gasteiger partial charge >= 0.3 is 6.85 Å². The molecule has 0 saturated heterocycles. The number of anilines is 3. The molecule has 0 aliphatic carbocycles. The molecule has 3 nitrogen and oxygen atoms in total. The van der Waals surface area contributed by atoms with Crippen LogP contribution in [0.1, 0.15) is 25.0 Å². The maximum absolute atomic E-state index is 6.68. The maximum Gasteiger partial charge on any atom is 0.333 e. The lowest BCUT2D eigenvalue weighted by molar-refractivity contribution is 0.632. The van der Waals surface area contributed by atoms with Gasteiger partial charge in [0.2, 0.25) is 0 Å². The molecule has 3 aliphatic rings. The Morgan fingerprint density at radius 2 is 1.36 bits per heavy atom. The molecule has 0 N–H and O–H groups in total. The summed E-state index contributed by atoms with van der Waals surface area (Å²) in [5, 5.41) is 2.34. The summed E-state index contributed by atoms with van der Waals surface area (Å²) >= 11 is 0. The van der Waals surface area contributed by atoms with E-state index in [4.69, 9.17) is 4.42 Å². The van der Waals surface area contributed by atoms with E-state index >= 15 is 0 Å². The smallest absolute Gasteiger partial charge is 0.333 e. The zero-order chi connectivity index (χ0) is 29.6. The van der Waals surface area contributed by atoms with Crippen LogP contribution in [0.15, 0.2) is 132 Å². The normalized spacial score (nSPS) is 15.0. The summed E-state index contributed by atoms with van der Waals surface area (Å²) < 4.78 is 9.29. The Morgan fingerprint density at radius 3 is 2.27 bits per heavy atom. The van der Waals surface area contributed by atoms with Crippen LogP contribution in [0.3, 0.4) is 0 Å². The number of hydrogen-bond donors (Lipinski definition) is 0. The van der Waals surface area contributed by atoms with E-state index in [1.54, 1.807) is 0 Å². The Morgan fingerprint density at radius 1 is 0.600 bits per heavy atom. The molecule has 2 aromatic heterocycles. The molecule has 45 heavy (non-hydrogen) atoms. The summed E-state index contributed by atoms with van der Waals surface area (Å²) in [5.74, 6) is 0. The summed E-state index contributed by atoms with van der Waals surface area (Å²) in [6, 6.07) is 46.9. The first kappa shape index (κ1) is 23.9. The van der Waals surface area contributed by atoms with Gasteiger partial charge in [0, 0.05) is 38.6 Å². The van der Waals surface area contributed by atoms with Crippen LogP contribution in [0, 0.1) is 0 Å². The van der Waals surface area contributed by atoms with Gasteiger partial charge in [-0.3, -0.25) is 0 Å². The first-order valence-electron chi connectivity index (χ1n) is 15.8. The number of aromatic nitrogens is 1. The van der Waals surface area contributed by atoms with E-state index in [1.807, 2.05) is 0 Å². The Balaban J connectivity index is 1.37. The third-order valence-electron chi connectivity index (χ3n) is 10.7. The minimum Gasteiger partial charge on any atom is -0.454 e. The summed E-state index contributed by atoms with van der Waals surface area (Å²) in [7, 11) is 0. The fourth-order valence-corrected chi connectivity index (χ4v) is 8.83. The molecule has 0 radical (unpaired) electrons. The van der Waals surface area contributed by atoms with Gasteiger partial charge in [-0.05, 0) is 75.1 Å². The molecule has 0 amide bonds. The van der Waals surface area contributed by atoms with E-state index < -0.39 is 0 Å². The fraction of sp³-hybridized carbons (Fsp3) is 0.0732. The number of furan rings is 1. The fourth-order valence-electron chi connectivity index (χ4n) is 8.83. The molecule has 4 heteroatoms. The molecule has 3 aliphatic heterocycles. The molecule has 6 aromatic carbocycles. The summed E-state index contributed by atoms with van der Waals surface area (Å²) in [6.45, 7) is 4.76. The van der Waals surface area contributed by atoms with Crippen molar-refractivity contribution in [1.82, 2.24) is 4.48 Å². The SMILES string of the molecule is CC1(C)c2ccccc2N2c3cc(-c4ccccc4)cc4c3B(c3cccc1c32)n1c2c-4cccc2c2oc3ccccc3c21. The number of benzene rings is 6.